The summed E-state index contributed by atoms with van der Waals surface area (Å²) in [5.41, 5.74) is -0.619. The largest absolute Gasteiger partial charge is 0.321 e. The lowest BCUT2D eigenvalue weighted by Crippen LogP contribution is -2.16. The molecule has 2 nitrogen and oxygen atoms in total. The van der Waals surface area contributed by atoms with Crippen LogP contribution in [0.2, 0.25) is 0 Å². The highest BCUT2D eigenvalue weighted by molar-refractivity contribution is 9.10. The summed E-state index contributed by atoms with van der Waals surface area (Å²) in [7, 11) is 0. The highest BCUT2D eigenvalue weighted by Gasteiger charge is 2.18. The van der Waals surface area contributed by atoms with Crippen molar-refractivity contribution < 1.29 is 18.0 Å². The van der Waals surface area contributed by atoms with Crippen molar-refractivity contribution in [1.29, 1.82) is 0 Å². The van der Waals surface area contributed by atoms with Gasteiger partial charge in [-0.05, 0) is 46.3 Å². The molecule has 0 spiro atoms. The van der Waals surface area contributed by atoms with Gasteiger partial charge in [0, 0.05) is 4.47 Å². The quantitative estimate of drug-likeness (QED) is 0.882. The van der Waals surface area contributed by atoms with E-state index in [2.05, 4.69) is 21.2 Å². The molecule has 0 unspecified atom stereocenters. The fourth-order valence-electron chi connectivity index (χ4n) is 1.49. The fraction of sp³-hybridized carbons (Fsp3) is 0. The van der Waals surface area contributed by atoms with Crippen molar-refractivity contribution in [1.82, 2.24) is 0 Å². The Morgan fingerprint density at radius 1 is 1.05 bits per heavy atom. The van der Waals surface area contributed by atoms with E-state index in [4.69, 9.17) is 0 Å². The molecule has 2 rings (SSSR count). The van der Waals surface area contributed by atoms with Crippen LogP contribution in [-0.4, -0.2) is 5.91 Å². The van der Waals surface area contributed by atoms with Crippen LogP contribution in [-0.2, 0) is 0 Å². The molecule has 0 bridgehead atoms. The van der Waals surface area contributed by atoms with Crippen LogP contribution in [0, 0.1) is 17.5 Å². The molecular formula is C13H7BrF3NO. The van der Waals surface area contributed by atoms with E-state index in [1.165, 1.54) is 12.1 Å². The lowest BCUT2D eigenvalue weighted by Gasteiger charge is -2.08. The van der Waals surface area contributed by atoms with Gasteiger partial charge in [-0.25, -0.2) is 13.2 Å². The third-order valence-corrected chi connectivity index (χ3v) is 3.06. The van der Waals surface area contributed by atoms with E-state index in [-0.39, 0.29) is 5.69 Å². The first-order valence-corrected chi connectivity index (χ1v) is 5.99. The maximum atomic E-state index is 13.4. The summed E-state index contributed by atoms with van der Waals surface area (Å²) in [5, 5.41) is 2.24. The molecule has 1 N–H and O–H groups in total. The fourth-order valence-corrected chi connectivity index (χ4v) is 1.84. The summed E-state index contributed by atoms with van der Waals surface area (Å²) in [6.45, 7) is 0. The zero-order valence-electron chi connectivity index (χ0n) is 9.38. The zero-order valence-corrected chi connectivity index (χ0v) is 11.0. The minimum Gasteiger partial charge on any atom is -0.321 e. The first-order chi connectivity index (χ1) is 8.99. The summed E-state index contributed by atoms with van der Waals surface area (Å²) in [5.74, 6) is -3.52. The molecule has 0 aliphatic heterocycles. The number of hydrogen-bond acceptors (Lipinski definition) is 1. The number of hydrogen-bond donors (Lipinski definition) is 1. The van der Waals surface area contributed by atoms with Crippen molar-refractivity contribution in [2.45, 2.75) is 0 Å². The monoisotopic (exact) mass is 329 g/mol. The Morgan fingerprint density at radius 3 is 2.32 bits per heavy atom. The predicted molar refractivity (Wildman–Crippen MR) is 68.4 cm³/mol. The van der Waals surface area contributed by atoms with Gasteiger partial charge in [0.05, 0.1) is 5.69 Å². The highest BCUT2D eigenvalue weighted by Crippen LogP contribution is 2.24. The molecule has 0 aliphatic carbocycles. The molecule has 0 aromatic heterocycles. The summed E-state index contributed by atoms with van der Waals surface area (Å²) >= 11 is 3.10. The lowest BCUT2D eigenvalue weighted by atomic mass is 10.2. The van der Waals surface area contributed by atoms with Crippen LogP contribution in [0.5, 0.6) is 0 Å². The normalized spacial score (nSPS) is 10.3. The van der Waals surface area contributed by atoms with Crippen LogP contribution in [0.3, 0.4) is 0 Å². The molecule has 0 heterocycles. The van der Waals surface area contributed by atoms with Crippen molar-refractivity contribution in [2.24, 2.45) is 0 Å². The van der Waals surface area contributed by atoms with Gasteiger partial charge in [-0.15, -0.1) is 0 Å². The van der Waals surface area contributed by atoms with Crippen LogP contribution in [0.15, 0.2) is 40.9 Å². The summed E-state index contributed by atoms with van der Waals surface area (Å²) in [6, 6.07) is 6.70. The van der Waals surface area contributed by atoms with Gasteiger partial charge in [0.15, 0.2) is 0 Å². The van der Waals surface area contributed by atoms with E-state index in [1.54, 1.807) is 0 Å². The van der Waals surface area contributed by atoms with Gasteiger partial charge in [0.1, 0.15) is 23.0 Å². The number of rotatable bonds is 2. The molecule has 0 aliphatic rings. The van der Waals surface area contributed by atoms with Crippen LogP contribution < -0.4 is 5.32 Å². The van der Waals surface area contributed by atoms with E-state index in [9.17, 15) is 18.0 Å². The predicted octanol–water partition coefficient (Wildman–Crippen LogP) is 4.12. The molecule has 2 aromatic carbocycles. The average molecular weight is 330 g/mol. The maximum Gasteiger partial charge on any atom is 0.261 e. The molecule has 0 radical (unpaired) electrons. The van der Waals surface area contributed by atoms with Crippen molar-refractivity contribution in [3.8, 4) is 0 Å². The van der Waals surface area contributed by atoms with E-state index >= 15 is 0 Å². The SMILES string of the molecule is O=C(Nc1cc(F)ccc1Br)c1c(F)cccc1F. The Kier molecular flexibility index (Phi) is 3.90. The van der Waals surface area contributed by atoms with Crippen molar-refractivity contribution in [3.63, 3.8) is 0 Å². The minimum atomic E-state index is -0.984. The molecule has 2 aromatic rings. The van der Waals surface area contributed by atoms with Crippen LogP contribution in [0.1, 0.15) is 10.4 Å². The van der Waals surface area contributed by atoms with Gasteiger partial charge in [0.2, 0.25) is 0 Å². The van der Waals surface area contributed by atoms with Gasteiger partial charge in [-0.1, -0.05) is 6.07 Å². The number of carbonyl (C=O) groups excluding carboxylic acids is 1. The Labute approximate surface area is 115 Å². The van der Waals surface area contributed by atoms with Crippen LogP contribution in [0.4, 0.5) is 18.9 Å². The number of halogens is 4. The summed E-state index contributed by atoms with van der Waals surface area (Å²) < 4.78 is 40.2. The van der Waals surface area contributed by atoms with Crippen molar-refractivity contribution in [2.75, 3.05) is 5.32 Å². The number of nitrogens with one attached hydrogen (secondary N) is 1. The molecule has 98 valence electrons. The number of benzene rings is 2. The van der Waals surface area contributed by atoms with E-state index in [0.717, 1.165) is 24.3 Å². The topological polar surface area (TPSA) is 29.1 Å². The van der Waals surface area contributed by atoms with E-state index < -0.39 is 28.9 Å². The second kappa shape index (κ2) is 5.44. The second-order valence-electron chi connectivity index (χ2n) is 3.67. The van der Waals surface area contributed by atoms with Gasteiger partial charge in [0.25, 0.3) is 5.91 Å². The van der Waals surface area contributed by atoms with Crippen LogP contribution in [0.25, 0.3) is 0 Å². The number of anilines is 1. The van der Waals surface area contributed by atoms with Gasteiger partial charge in [-0.3, -0.25) is 4.79 Å². The second-order valence-corrected chi connectivity index (χ2v) is 4.53. The standard InChI is InChI=1S/C13H7BrF3NO/c14-8-5-4-7(15)6-11(8)18-13(19)12-9(16)2-1-3-10(12)17/h1-6H,(H,18,19). The Bertz CT molecular complexity index is 626. The highest BCUT2D eigenvalue weighted by atomic mass is 79.9. The third-order valence-electron chi connectivity index (χ3n) is 2.37. The Balaban J connectivity index is 2.34. The number of carbonyl (C=O) groups is 1. The van der Waals surface area contributed by atoms with Gasteiger partial charge in [-0.2, -0.15) is 0 Å². The average Bonchev–Trinajstić information content (AvgIpc) is 2.33. The van der Waals surface area contributed by atoms with Crippen molar-refractivity contribution >= 4 is 27.5 Å². The first-order valence-electron chi connectivity index (χ1n) is 5.19. The molecule has 0 atom stereocenters. The van der Waals surface area contributed by atoms with E-state index in [0.29, 0.717) is 4.47 Å². The minimum absolute atomic E-state index is 0.0904. The van der Waals surface area contributed by atoms with Gasteiger partial charge < -0.3 is 5.32 Å². The van der Waals surface area contributed by atoms with E-state index in [1.807, 2.05) is 0 Å². The Hall–Kier alpha value is -1.82. The molecular weight excluding hydrogens is 323 g/mol. The molecule has 19 heavy (non-hydrogen) atoms. The Morgan fingerprint density at radius 2 is 1.68 bits per heavy atom. The number of amides is 1. The maximum absolute atomic E-state index is 13.4. The first kappa shape index (κ1) is 13.6. The summed E-state index contributed by atoms with van der Waals surface area (Å²) in [6.07, 6.45) is 0. The molecule has 0 saturated heterocycles. The molecule has 0 fully saturated rings. The molecule has 6 heteroatoms. The smallest absolute Gasteiger partial charge is 0.261 e. The third kappa shape index (κ3) is 2.96. The lowest BCUT2D eigenvalue weighted by molar-refractivity contribution is 0.101. The molecule has 1 amide bonds. The molecule has 0 saturated carbocycles. The van der Waals surface area contributed by atoms with Crippen molar-refractivity contribution in [3.05, 3.63) is 63.9 Å². The van der Waals surface area contributed by atoms with Crippen LogP contribution >= 0.6 is 15.9 Å². The zero-order chi connectivity index (χ0) is 14.0. The van der Waals surface area contributed by atoms with Gasteiger partial charge >= 0.3 is 0 Å². The summed E-state index contributed by atoms with van der Waals surface area (Å²) in [4.78, 5) is 11.8.